The van der Waals surface area contributed by atoms with Crippen molar-refractivity contribution in [2.75, 3.05) is 44.8 Å². The molecular weight excluding hydrogens is 372 g/mol. The van der Waals surface area contributed by atoms with Gasteiger partial charge in [0.1, 0.15) is 0 Å². The van der Waals surface area contributed by atoms with Crippen LogP contribution in [0.2, 0.25) is 0 Å². The molecule has 1 aromatic heterocycles. The number of aromatic nitrogens is 2. The van der Waals surface area contributed by atoms with Crippen molar-refractivity contribution in [3.8, 4) is 23.0 Å². The Morgan fingerprint density at radius 3 is 2.38 bits per heavy atom. The van der Waals surface area contributed by atoms with Gasteiger partial charge in [0.2, 0.25) is 5.89 Å². The summed E-state index contributed by atoms with van der Waals surface area (Å²) in [5, 5.41) is 8.27. The van der Waals surface area contributed by atoms with Crippen LogP contribution in [0.5, 0.6) is 11.5 Å². The highest BCUT2D eigenvalue weighted by Crippen LogP contribution is 2.26. The number of amides is 1. The van der Waals surface area contributed by atoms with Gasteiger partial charge in [-0.2, -0.15) is 0 Å². The van der Waals surface area contributed by atoms with Gasteiger partial charge in [-0.15, -0.1) is 5.10 Å². The Hall–Kier alpha value is -3.55. The third-order valence-corrected chi connectivity index (χ3v) is 4.76. The fourth-order valence-corrected chi connectivity index (χ4v) is 3.16. The van der Waals surface area contributed by atoms with E-state index in [4.69, 9.17) is 13.9 Å². The number of anilines is 1. The van der Waals surface area contributed by atoms with E-state index < -0.39 is 0 Å². The van der Waals surface area contributed by atoms with Gasteiger partial charge in [0.25, 0.3) is 5.91 Å². The number of benzene rings is 2. The zero-order valence-electron chi connectivity index (χ0n) is 16.2. The molecule has 0 bridgehead atoms. The molecule has 8 heteroatoms. The lowest BCUT2D eigenvalue weighted by Gasteiger charge is -2.33. The molecule has 150 valence electrons. The third kappa shape index (κ3) is 4.31. The van der Waals surface area contributed by atoms with E-state index in [0.717, 1.165) is 5.56 Å². The molecule has 0 spiro atoms. The number of para-hydroxylation sites is 2. The van der Waals surface area contributed by atoms with Gasteiger partial charge in [-0.1, -0.05) is 35.4 Å². The SMILES string of the molecule is COc1ccccc1OCC(=O)N1CCN(c2nnc(-c3ccccc3)o2)CC1. The molecule has 2 heterocycles. The first kappa shape index (κ1) is 18.8. The number of hydrogen-bond donors (Lipinski definition) is 0. The van der Waals surface area contributed by atoms with Crippen LogP contribution in [0.4, 0.5) is 6.01 Å². The molecule has 0 radical (unpaired) electrons. The van der Waals surface area contributed by atoms with Crippen LogP contribution in [0.25, 0.3) is 11.5 Å². The van der Waals surface area contributed by atoms with Crippen molar-refractivity contribution in [2.45, 2.75) is 0 Å². The van der Waals surface area contributed by atoms with E-state index >= 15 is 0 Å². The van der Waals surface area contributed by atoms with Crippen molar-refractivity contribution in [1.82, 2.24) is 15.1 Å². The van der Waals surface area contributed by atoms with E-state index in [9.17, 15) is 4.79 Å². The van der Waals surface area contributed by atoms with Crippen molar-refractivity contribution in [1.29, 1.82) is 0 Å². The number of rotatable bonds is 6. The van der Waals surface area contributed by atoms with Crippen molar-refractivity contribution in [2.24, 2.45) is 0 Å². The number of carbonyl (C=O) groups excluding carboxylic acids is 1. The summed E-state index contributed by atoms with van der Waals surface area (Å²) < 4.78 is 16.7. The largest absolute Gasteiger partial charge is 0.493 e. The smallest absolute Gasteiger partial charge is 0.318 e. The summed E-state index contributed by atoms with van der Waals surface area (Å²) in [5.74, 6) is 1.59. The molecule has 4 rings (SSSR count). The zero-order valence-corrected chi connectivity index (χ0v) is 16.2. The average molecular weight is 394 g/mol. The van der Waals surface area contributed by atoms with Crippen LogP contribution in [0.1, 0.15) is 0 Å². The van der Waals surface area contributed by atoms with Gasteiger partial charge in [-0.3, -0.25) is 4.79 Å². The van der Waals surface area contributed by atoms with E-state index in [2.05, 4.69) is 10.2 Å². The van der Waals surface area contributed by atoms with Crippen molar-refractivity contribution in [3.63, 3.8) is 0 Å². The Balaban J connectivity index is 1.30. The molecule has 1 amide bonds. The van der Waals surface area contributed by atoms with Gasteiger partial charge in [-0.25, -0.2) is 0 Å². The lowest BCUT2D eigenvalue weighted by molar-refractivity contribution is -0.133. The van der Waals surface area contributed by atoms with Crippen LogP contribution < -0.4 is 14.4 Å². The van der Waals surface area contributed by atoms with Gasteiger partial charge in [-0.05, 0) is 24.3 Å². The second kappa shape index (κ2) is 8.64. The van der Waals surface area contributed by atoms with Crippen molar-refractivity contribution >= 4 is 11.9 Å². The van der Waals surface area contributed by atoms with Gasteiger partial charge in [0, 0.05) is 31.7 Å². The molecular formula is C21H22N4O4. The summed E-state index contributed by atoms with van der Waals surface area (Å²) in [4.78, 5) is 16.3. The summed E-state index contributed by atoms with van der Waals surface area (Å²) in [7, 11) is 1.57. The van der Waals surface area contributed by atoms with Gasteiger partial charge >= 0.3 is 6.01 Å². The Morgan fingerprint density at radius 2 is 1.66 bits per heavy atom. The maximum Gasteiger partial charge on any atom is 0.318 e. The Kier molecular flexibility index (Phi) is 5.60. The van der Waals surface area contributed by atoms with E-state index in [1.165, 1.54) is 0 Å². The summed E-state index contributed by atoms with van der Waals surface area (Å²) in [6.07, 6.45) is 0. The average Bonchev–Trinajstić information content (AvgIpc) is 3.29. The molecule has 0 saturated carbocycles. The molecule has 0 atom stereocenters. The highest BCUT2D eigenvalue weighted by atomic mass is 16.5. The summed E-state index contributed by atoms with van der Waals surface area (Å²) in [5.41, 5.74) is 0.883. The molecule has 29 heavy (non-hydrogen) atoms. The minimum Gasteiger partial charge on any atom is -0.493 e. The lowest BCUT2D eigenvalue weighted by Crippen LogP contribution is -2.50. The van der Waals surface area contributed by atoms with Crippen LogP contribution in [0.15, 0.2) is 59.0 Å². The number of hydrogen-bond acceptors (Lipinski definition) is 7. The van der Waals surface area contributed by atoms with E-state index in [1.54, 1.807) is 24.1 Å². The molecule has 1 saturated heterocycles. The Labute approximate surface area is 168 Å². The van der Waals surface area contributed by atoms with Crippen LogP contribution in [0.3, 0.4) is 0 Å². The monoisotopic (exact) mass is 394 g/mol. The van der Waals surface area contributed by atoms with Crippen LogP contribution >= 0.6 is 0 Å². The minimum atomic E-state index is -0.0638. The normalized spacial score (nSPS) is 14.0. The fraction of sp³-hybridized carbons (Fsp3) is 0.286. The first-order chi connectivity index (χ1) is 14.2. The topological polar surface area (TPSA) is 80.9 Å². The third-order valence-electron chi connectivity index (χ3n) is 4.76. The highest BCUT2D eigenvalue weighted by molar-refractivity contribution is 5.78. The molecule has 0 unspecified atom stereocenters. The quantitative estimate of drug-likeness (QED) is 0.635. The maximum absolute atomic E-state index is 12.5. The molecule has 8 nitrogen and oxygen atoms in total. The molecule has 1 fully saturated rings. The fourth-order valence-electron chi connectivity index (χ4n) is 3.16. The lowest BCUT2D eigenvalue weighted by atomic mass is 10.2. The second-order valence-corrected chi connectivity index (χ2v) is 6.56. The number of ether oxygens (including phenoxy) is 2. The summed E-state index contributed by atoms with van der Waals surface area (Å²) >= 11 is 0. The minimum absolute atomic E-state index is 0.0287. The van der Waals surface area contributed by atoms with Gasteiger partial charge in [0.15, 0.2) is 18.1 Å². The number of carbonyl (C=O) groups is 1. The zero-order chi connectivity index (χ0) is 20.1. The van der Waals surface area contributed by atoms with Crippen molar-refractivity contribution in [3.05, 3.63) is 54.6 Å². The van der Waals surface area contributed by atoms with E-state index in [-0.39, 0.29) is 12.5 Å². The van der Waals surface area contributed by atoms with Crippen molar-refractivity contribution < 1.29 is 18.7 Å². The highest BCUT2D eigenvalue weighted by Gasteiger charge is 2.25. The van der Waals surface area contributed by atoms with Crippen LogP contribution in [-0.4, -0.2) is 60.9 Å². The maximum atomic E-state index is 12.5. The molecule has 1 aliphatic heterocycles. The molecule has 0 aliphatic carbocycles. The summed E-state index contributed by atoms with van der Waals surface area (Å²) in [6.45, 7) is 2.35. The first-order valence-corrected chi connectivity index (χ1v) is 9.42. The molecule has 1 aliphatic rings. The molecule has 0 N–H and O–H groups in total. The first-order valence-electron chi connectivity index (χ1n) is 9.42. The van der Waals surface area contributed by atoms with Gasteiger partial charge in [0.05, 0.1) is 7.11 Å². The summed E-state index contributed by atoms with van der Waals surface area (Å²) in [6, 6.07) is 17.4. The van der Waals surface area contributed by atoms with E-state index in [0.29, 0.717) is 49.6 Å². The van der Waals surface area contributed by atoms with Gasteiger partial charge < -0.3 is 23.7 Å². The predicted molar refractivity (Wildman–Crippen MR) is 107 cm³/mol. The van der Waals surface area contributed by atoms with E-state index in [1.807, 2.05) is 47.4 Å². The number of methoxy groups -OCH3 is 1. The molecule has 2 aromatic carbocycles. The Bertz CT molecular complexity index is 952. The second-order valence-electron chi connectivity index (χ2n) is 6.56. The van der Waals surface area contributed by atoms with Crippen LogP contribution in [-0.2, 0) is 4.79 Å². The molecule has 3 aromatic rings. The number of piperazine rings is 1. The Morgan fingerprint density at radius 1 is 0.966 bits per heavy atom. The predicted octanol–water partition coefficient (Wildman–Crippen LogP) is 2.47. The number of nitrogens with zero attached hydrogens (tertiary/aromatic N) is 4. The van der Waals surface area contributed by atoms with Crippen LogP contribution in [0, 0.1) is 0 Å². The standard InChI is InChI=1S/C21H22N4O4/c1-27-17-9-5-6-10-18(17)28-15-19(26)24-11-13-25(14-12-24)21-23-22-20(29-21)16-7-3-2-4-8-16/h2-10H,11-15H2,1H3.